The molecule has 0 aliphatic carbocycles. The lowest BCUT2D eigenvalue weighted by atomic mass is 10.3. The number of hydrogen-bond donors (Lipinski definition) is 2. The molecule has 1 aromatic rings. The zero-order valence-electron chi connectivity index (χ0n) is 8.10. The first-order valence-electron chi connectivity index (χ1n) is 4.35. The summed E-state index contributed by atoms with van der Waals surface area (Å²) in [6, 6.07) is 6.10. The average molecular weight is 224 g/mol. The molecule has 3 N–H and O–H groups in total. The highest BCUT2D eigenvalue weighted by molar-refractivity contribution is 7.89. The topological polar surface area (TPSA) is 72.2 Å². The molecule has 0 aromatic heterocycles. The maximum Gasteiger partial charge on any atom is 0.240 e. The van der Waals surface area contributed by atoms with Crippen molar-refractivity contribution < 1.29 is 8.42 Å². The van der Waals surface area contributed by atoms with Crippen LogP contribution in [0.4, 0.5) is 5.69 Å². The van der Waals surface area contributed by atoms with E-state index in [1.807, 2.05) is 0 Å². The van der Waals surface area contributed by atoms with Crippen LogP contribution in [-0.4, -0.2) is 15.0 Å². The van der Waals surface area contributed by atoms with Gasteiger partial charge in [0.05, 0.1) is 4.90 Å². The number of sulfonamides is 1. The summed E-state index contributed by atoms with van der Waals surface area (Å²) in [4.78, 5) is 0.152. The van der Waals surface area contributed by atoms with Crippen molar-refractivity contribution in [2.75, 3.05) is 12.3 Å². The predicted molar refractivity (Wildman–Crippen MR) is 59.5 cm³/mol. The van der Waals surface area contributed by atoms with Crippen molar-refractivity contribution in [2.24, 2.45) is 0 Å². The monoisotopic (exact) mass is 224 g/mol. The van der Waals surface area contributed by atoms with Crippen LogP contribution >= 0.6 is 0 Å². The molecule has 0 unspecified atom stereocenters. The molecular formula is C10H12N2O2S. The molecule has 0 radical (unpaired) electrons. The SMILES string of the molecule is C#CCCNS(=O)(=O)c1cccc(N)c1. The number of nitrogens with two attached hydrogens (primary N) is 1. The number of nitrogen functional groups attached to an aromatic ring is 1. The Hall–Kier alpha value is -1.51. The minimum absolute atomic E-state index is 0.152. The third-order valence-electron chi connectivity index (χ3n) is 1.73. The van der Waals surface area contributed by atoms with Crippen molar-refractivity contribution in [2.45, 2.75) is 11.3 Å². The largest absolute Gasteiger partial charge is 0.399 e. The second-order valence-corrected chi connectivity index (χ2v) is 4.69. The average Bonchev–Trinajstić information content (AvgIpc) is 2.18. The van der Waals surface area contributed by atoms with Crippen molar-refractivity contribution in [3.63, 3.8) is 0 Å². The minimum atomic E-state index is -3.48. The van der Waals surface area contributed by atoms with Gasteiger partial charge in [-0.15, -0.1) is 12.3 Å². The van der Waals surface area contributed by atoms with Crippen LogP contribution in [0.15, 0.2) is 29.2 Å². The van der Waals surface area contributed by atoms with Crippen molar-refractivity contribution >= 4 is 15.7 Å². The lowest BCUT2D eigenvalue weighted by Crippen LogP contribution is -2.24. The molecule has 0 aliphatic heterocycles. The highest BCUT2D eigenvalue weighted by Gasteiger charge is 2.12. The summed E-state index contributed by atoms with van der Waals surface area (Å²) >= 11 is 0. The molecule has 0 atom stereocenters. The maximum absolute atomic E-state index is 11.6. The Labute approximate surface area is 89.5 Å². The van der Waals surface area contributed by atoms with Crippen molar-refractivity contribution in [3.8, 4) is 12.3 Å². The van der Waals surface area contributed by atoms with E-state index in [1.54, 1.807) is 12.1 Å². The van der Waals surface area contributed by atoms with E-state index in [9.17, 15) is 8.42 Å². The maximum atomic E-state index is 11.6. The van der Waals surface area contributed by atoms with Crippen LogP contribution in [0.1, 0.15) is 6.42 Å². The molecule has 0 saturated heterocycles. The molecule has 1 rings (SSSR count). The molecule has 0 heterocycles. The normalized spacial score (nSPS) is 10.9. The van der Waals surface area contributed by atoms with E-state index in [-0.39, 0.29) is 11.4 Å². The molecule has 0 amide bonds. The highest BCUT2D eigenvalue weighted by Crippen LogP contribution is 2.12. The van der Waals surface area contributed by atoms with E-state index in [0.29, 0.717) is 12.1 Å². The number of nitrogens with one attached hydrogen (secondary N) is 1. The summed E-state index contributed by atoms with van der Waals surface area (Å²) in [5.41, 5.74) is 5.90. The Morgan fingerprint density at radius 3 is 2.80 bits per heavy atom. The Morgan fingerprint density at radius 1 is 1.47 bits per heavy atom. The van der Waals surface area contributed by atoms with E-state index in [1.165, 1.54) is 12.1 Å². The summed E-state index contributed by atoms with van der Waals surface area (Å²) in [5, 5.41) is 0. The number of anilines is 1. The van der Waals surface area contributed by atoms with E-state index in [2.05, 4.69) is 10.6 Å². The quantitative estimate of drug-likeness (QED) is 0.446. The smallest absolute Gasteiger partial charge is 0.240 e. The molecule has 1 aromatic carbocycles. The van der Waals surface area contributed by atoms with Gasteiger partial charge in [0.25, 0.3) is 0 Å². The van der Waals surface area contributed by atoms with Crippen LogP contribution < -0.4 is 10.5 Å². The molecule has 0 bridgehead atoms. The van der Waals surface area contributed by atoms with E-state index in [4.69, 9.17) is 12.2 Å². The molecule has 0 aliphatic rings. The molecule has 0 spiro atoms. The molecule has 80 valence electrons. The van der Waals surface area contributed by atoms with Gasteiger partial charge in [-0.3, -0.25) is 0 Å². The number of hydrogen-bond acceptors (Lipinski definition) is 3. The zero-order chi connectivity index (χ0) is 11.3. The lowest BCUT2D eigenvalue weighted by molar-refractivity contribution is 0.582. The first-order chi connectivity index (χ1) is 7.06. The molecule has 5 heteroatoms. The first-order valence-corrected chi connectivity index (χ1v) is 5.83. The zero-order valence-corrected chi connectivity index (χ0v) is 8.92. The second-order valence-electron chi connectivity index (χ2n) is 2.92. The molecular weight excluding hydrogens is 212 g/mol. The van der Waals surface area contributed by atoms with Crippen LogP contribution in [0.25, 0.3) is 0 Å². The van der Waals surface area contributed by atoms with Gasteiger partial charge >= 0.3 is 0 Å². The van der Waals surface area contributed by atoms with Gasteiger partial charge in [-0.1, -0.05) is 6.07 Å². The van der Waals surface area contributed by atoms with Gasteiger partial charge in [-0.25, -0.2) is 13.1 Å². The van der Waals surface area contributed by atoms with Crippen LogP contribution in [0.3, 0.4) is 0 Å². The third kappa shape index (κ3) is 3.27. The van der Waals surface area contributed by atoms with Crippen molar-refractivity contribution in [1.82, 2.24) is 4.72 Å². The van der Waals surface area contributed by atoms with Crippen molar-refractivity contribution in [1.29, 1.82) is 0 Å². The summed E-state index contributed by atoms with van der Waals surface area (Å²) in [6.07, 6.45) is 5.38. The van der Waals surface area contributed by atoms with Gasteiger partial charge in [0.2, 0.25) is 10.0 Å². The summed E-state index contributed by atoms with van der Waals surface area (Å²) < 4.78 is 25.6. The second kappa shape index (κ2) is 4.82. The Morgan fingerprint density at radius 2 is 2.20 bits per heavy atom. The van der Waals surface area contributed by atoms with Crippen LogP contribution in [0, 0.1) is 12.3 Å². The molecule has 0 fully saturated rings. The van der Waals surface area contributed by atoms with Crippen molar-refractivity contribution in [3.05, 3.63) is 24.3 Å². The summed E-state index contributed by atoms with van der Waals surface area (Å²) in [7, 11) is -3.48. The highest BCUT2D eigenvalue weighted by atomic mass is 32.2. The van der Waals surface area contributed by atoms with E-state index in [0.717, 1.165) is 0 Å². The minimum Gasteiger partial charge on any atom is -0.399 e. The molecule has 15 heavy (non-hydrogen) atoms. The summed E-state index contributed by atoms with van der Waals surface area (Å²) in [6.45, 7) is 0.230. The predicted octanol–water partition coefficient (Wildman–Crippen LogP) is 0.570. The molecule has 0 saturated carbocycles. The fourth-order valence-electron chi connectivity index (χ4n) is 1.02. The summed E-state index contributed by atoms with van der Waals surface area (Å²) in [5.74, 6) is 2.35. The van der Waals surface area contributed by atoms with Gasteiger partial charge < -0.3 is 5.73 Å². The van der Waals surface area contributed by atoms with Crippen LogP contribution in [-0.2, 0) is 10.0 Å². The Kier molecular flexibility index (Phi) is 3.72. The lowest BCUT2D eigenvalue weighted by Gasteiger charge is -2.05. The Balaban J connectivity index is 2.83. The third-order valence-corrected chi connectivity index (χ3v) is 3.19. The van der Waals surface area contributed by atoms with Gasteiger partial charge in [0, 0.05) is 18.7 Å². The first kappa shape index (κ1) is 11.6. The fourth-order valence-corrected chi connectivity index (χ4v) is 2.11. The van der Waals surface area contributed by atoms with Gasteiger partial charge in [-0.05, 0) is 18.2 Å². The van der Waals surface area contributed by atoms with Crippen LogP contribution in [0.5, 0.6) is 0 Å². The van der Waals surface area contributed by atoms with Gasteiger partial charge in [-0.2, -0.15) is 0 Å². The molecule has 4 nitrogen and oxygen atoms in total. The number of benzene rings is 1. The Bertz CT molecular complexity index is 474. The number of rotatable bonds is 4. The van der Waals surface area contributed by atoms with E-state index >= 15 is 0 Å². The van der Waals surface area contributed by atoms with Gasteiger partial charge in [0.15, 0.2) is 0 Å². The van der Waals surface area contributed by atoms with E-state index < -0.39 is 10.0 Å². The fraction of sp³-hybridized carbons (Fsp3) is 0.200. The van der Waals surface area contributed by atoms with Crippen LogP contribution in [0.2, 0.25) is 0 Å². The number of terminal acetylenes is 1. The standard InChI is InChI=1S/C10H12N2O2S/c1-2-3-7-12-15(13,14)10-6-4-5-9(11)8-10/h1,4-6,8,12H,3,7,11H2. The van der Waals surface area contributed by atoms with Gasteiger partial charge in [0.1, 0.15) is 0 Å².